The monoisotopic (exact) mass is 439 g/mol. The van der Waals surface area contributed by atoms with E-state index < -0.39 is 0 Å². The van der Waals surface area contributed by atoms with Crippen LogP contribution in [0.4, 0.5) is 0 Å². The van der Waals surface area contributed by atoms with E-state index in [1.165, 1.54) is 11.3 Å². The van der Waals surface area contributed by atoms with Crippen molar-refractivity contribution in [2.45, 2.75) is 58.5 Å². The molecule has 1 saturated heterocycles. The minimum absolute atomic E-state index is 0.0589. The van der Waals surface area contributed by atoms with Crippen molar-refractivity contribution >= 4 is 33.2 Å². The Kier molecular flexibility index (Phi) is 6.36. The van der Waals surface area contributed by atoms with Gasteiger partial charge in [0.1, 0.15) is 18.2 Å². The van der Waals surface area contributed by atoms with Crippen molar-refractivity contribution in [1.82, 2.24) is 25.0 Å². The maximum absolute atomic E-state index is 13.3. The number of carbonyl (C=O) groups excluding carboxylic acids is 2. The van der Waals surface area contributed by atoms with Gasteiger partial charge < -0.3 is 10.2 Å². The van der Waals surface area contributed by atoms with Gasteiger partial charge in [0, 0.05) is 24.3 Å². The molecule has 1 aliphatic rings. The molecule has 2 aromatic heterocycles. The first kappa shape index (κ1) is 21.5. The van der Waals surface area contributed by atoms with Crippen molar-refractivity contribution in [2.24, 2.45) is 0 Å². The summed E-state index contributed by atoms with van der Waals surface area (Å²) < 4.78 is 2.80. The van der Waals surface area contributed by atoms with Crippen LogP contribution in [0.1, 0.15) is 52.6 Å². The van der Waals surface area contributed by atoms with E-state index in [0.29, 0.717) is 12.2 Å². The molecular formula is C23H29N5O2S. The van der Waals surface area contributed by atoms with Gasteiger partial charge in [-0.1, -0.05) is 31.0 Å². The number of fused-ring (bicyclic) bond motifs is 1. The maximum atomic E-state index is 13.3. The van der Waals surface area contributed by atoms with Crippen LogP contribution in [-0.2, 0) is 17.8 Å². The molecule has 7 nitrogen and oxygen atoms in total. The minimum Gasteiger partial charge on any atom is -0.354 e. The van der Waals surface area contributed by atoms with E-state index in [9.17, 15) is 9.59 Å². The third-order valence-electron chi connectivity index (χ3n) is 6.02. The smallest absolute Gasteiger partial charge is 0.261 e. The Morgan fingerprint density at radius 1 is 1.19 bits per heavy atom. The van der Waals surface area contributed by atoms with E-state index in [1.807, 2.05) is 30.9 Å². The van der Waals surface area contributed by atoms with Gasteiger partial charge in [0.05, 0.1) is 4.88 Å². The van der Waals surface area contributed by atoms with E-state index in [1.54, 1.807) is 11.7 Å². The van der Waals surface area contributed by atoms with Gasteiger partial charge in [0.25, 0.3) is 5.91 Å². The predicted octanol–water partition coefficient (Wildman–Crippen LogP) is 3.48. The van der Waals surface area contributed by atoms with Crippen LogP contribution in [0.2, 0.25) is 0 Å². The highest BCUT2D eigenvalue weighted by Gasteiger charge is 2.29. The molecular weight excluding hydrogens is 410 g/mol. The topological polar surface area (TPSA) is 80.1 Å². The van der Waals surface area contributed by atoms with Gasteiger partial charge in [-0.2, -0.15) is 5.10 Å². The Balaban J connectivity index is 1.64. The Bertz CT molecular complexity index is 1100. The maximum Gasteiger partial charge on any atom is 0.261 e. The first-order valence-corrected chi connectivity index (χ1v) is 11.7. The quantitative estimate of drug-likeness (QED) is 0.660. The van der Waals surface area contributed by atoms with Crippen molar-refractivity contribution in [3.05, 3.63) is 46.4 Å². The minimum atomic E-state index is -0.0589. The molecule has 3 heterocycles. The molecule has 0 spiro atoms. The van der Waals surface area contributed by atoms with Gasteiger partial charge in [-0.05, 0) is 50.1 Å². The number of aryl methyl sites for hydroxylation is 2. The molecule has 0 aliphatic carbocycles. The highest BCUT2D eigenvalue weighted by atomic mass is 32.1. The standard InChI is InChI=1S/C23H29N5O2S/c1-15-25-16(2)28(26-15)14-21(29)27-12-8-4-5-9-17(27)13-19-18-10-6-7-11-20(18)31-22(19)23(30)24-3/h6-7,10-11,17H,4-5,8-9,12-14H2,1-3H3,(H,24,30)/t17-/m0/s1. The van der Waals surface area contributed by atoms with Crippen LogP contribution in [0, 0.1) is 13.8 Å². The van der Waals surface area contributed by atoms with Crippen molar-refractivity contribution in [2.75, 3.05) is 13.6 Å². The van der Waals surface area contributed by atoms with Gasteiger partial charge in [0.2, 0.25) is 5.91 Å². The number of nitrogens with zero attached hydrogens (tertiary/aromatic N) is 4. The zero-order chi connectivity index (χ0) is 22.0. The third-order valence-corrected chi connectivity index (χ3v) is 7.23. The predicted molar refractivity (Wildman–Crippen MR) is 122 cm³/mol. The van der Waals surface area contributed by atoms with Gasteiger partial charge in [-0.3, -0.25) is 9.59 Å². The van der Waals surface area contributed by atoms with E-state index in [2.05, 4.69) is 27.5 Å². The van der Waals surface area contributed by atoms with E-state index in [-0.39, 0.29) is 24.4 Å². The lowest BCUT2D eigenvalue weighted by molar-refractivity contribution is -0.134. The number of carbonyl (C=O) groups is 2. The summed E-state index contributed by atoms with van der Waals surface area (Å²) in [7, 11) is 1.67. The molecule has 0 saturated carbocycles. The fraction of sp³-hybridized carbons (Fsp3) is 0.478. The number of likely N-dealkylation sites (tertiary alicyclic amines) is 1. The summed E-state index contributed by atoms with van der Waals surface area (Å²) in [5.74, 6) is 1.44. The fourth-order valence-corrected chi connectivity index (χ4v) is 5.66. The Labute approximate surface area is 186 Å². The summed E-state index contributed by atoms with van der Waals surface area (Å²) in [5.41, 5.74) is 1.05. The molecule has 1 aliphatic heterocycles. The molecule has 0 unspecified atom stereocenters. The second kappa shape index (κ2) is 9.18. The summed E-state index contributed by atoms with van der Waals surface area (Å²) in [6, 6.07) is 8.22. The molecule has 0 bridgehead atoms. The number of thiophene rings is 1. The molecule has 8 heteroatoms. The van der Waals surface area contributed by atoms with Crippen LogP contribution >= 0.6 is 11.3 Å². The summed E-state index contributed by atoms with van der Waals surface area (Å²) in [6.45, 7) is 4.66. The Hall–Kier alpha value is -2.74. The number of hydrogen-bond donors (Lipinski definition) is 1. The van der Waals surface area contributed by atoms with Crippen molar-refractivity contribution in [3.63, 3.8) is 0 Å². The van der Waals surface area contributed by atoms with Gasteiger partial charge in [0.15, 0.2) is 0 Å². The second-order valence-electron chi connectivity index (χ2n) is 8.14. The average molecular weight is 440 g/mol. The molecule has 4 rings (SSSR count). The first-order chi connectivity index (χ1) is 15.0. The number of benzene rings is 1. The number of nitrogens with one attached hydrogen (secondary N) is 1. The number of aromatic nitrogens is 3. The van der Waals surface area contributed by atoms with Gasteiger partial charge >= 0.3 is 0 Å². The zero-order valence-electron chi connectivity index (χ0n) is 18.4. The van der Waals surface area contributed by atoms with Gasteiger partial charge in [-0.25, -0.2) is 9.67 Å². The SMILES string of the molecule is CNC(=O)c1sc2ccccc2c1C[C@@H]1CCCCCN1C(=O)Cn1nc(C)nc1C. The fourth-order valence-electron chi connectivity index (χ4n) is 4.48. The summed E-state index contributed by atoms with van der Waals surface area (Å²) >= 11 is 1.53. The highest BCUT2D eigenvalue weighted by Crippen LogP contribution is 2.34. The first-order valence-electron chi connectivity index (χ1n) is 10.9. The number of amides is 2. The average Bonchev–Trinajstić information content (AvgIpc) is 3.16. The molecule has 1 aromatic carbocycles. The van der Waals surface area contributed by atoms with Crippen LogP contribution in [0.15, 0.2) is 24.3 Å². The zero-order valence-corrected chi connectivity index (χ0v) is 19.2. The molecule has 31 heavy (non-hydrogen) atoms. The molecule has 1 N–H and O–H groups in total. The summed E-state index contributed by atoms with van der Waals surface area (Å²) in [6.07, 6.45) is 4.85. The molecule has 0 radical (unpaired) electrons. The van der Waals surface area contributed by atoms with Crippen LogP contribution in [0.5, 0.6) is 0 Å². The van der Waals surface area contributed by atoms with Gasteiger partial charge in [-0.15, -0.1) is 11.3 Å². The largest absolute Gasteiger partial charge is 0.354 e. The van der Waals surface area contributed by atoms with Crippen LogP contribution in [-0.4, -0.2) is 51.1 Å². The number of rotatable bonds is 5. The van der Waals surface area contributed by atoms with Crippen molar-refractivity contribution in [1.29, 1.82) is 0 Å². The molecule has 164 valence electrons. The molecule has 1 atom stereocenters. The van der Waals surface area contributed by atoms with E-state index >= 15 is 0 Å². The third kappa shape index (κ3) is 4.49. The molecule has 1 fully saturated rings. The van der Waals surface area contributed by atoms with Crippen LogP contribution in [0.3, 0.4) is 0 Å². The van der Waals surface area contributed by atoms with E-state index in [0.717, 1.165) is 58.6 Å². The normalized spacial score (nSPS) is 17.0. The van der Waals surface area contributed by atoms with E-state index in [4.69, 9.17) is 0 Å². The van der Waals surface area contributed by atoms with Crippen molar-refractivity contribution < 1.29 is 9.59 Å². The lowest BCUT2D eigenvalue weighted by atomic mass is 9.98. The number of hydrogen-bond acceptors (Lipinski definition) is 5. The summed E-state index contributed by atoms with van der Waals surface area (Å²) in [5, 5.41) is 8.26. The molecule has 3 aromatic rings. The molecule has 2 amide bonds. The Morgan fingerprint density at radius 2 is 2.00 bits per heavy atom. The lowest BCUT2D eigenvalue weighted by Crippen LogP contribution is -2.43. The van der Waals surface area contributed by atoms with Crippen molar-refractivity contribution in [3.8, 4) is 0 Å². The lowest BCUT2D eigenvalue weighted by Gasteiger charge is -2.30. The second-order valence-corrected chi connectivity index (χ2v) is 9.20. The summed E-state index contributed by atoms with van der Waals surface area (Å²) in [4.78, 5) is 33.0. The Morgan fingerprint density at radius 3 is 2.74 bits per heavy atom. The highest BCUT2D eigenvalue weighted by molar-refractivity contribution is 7.21. The van der Waals surface area contributed by atoms with Crippen LogP contribution < -0.4 is 5.32 Å². The van der Waals surface area contributed by atoms with Crippen LogP contribution in [0.25, 0.3) is 10.1 Å².